The second-order valence-corrected chi connectivity index (χ2v) is 14.9. The van der Waals surface area contributed by atoms with Crippen molar-refractivity contribution in [2.45, 2.75) is 97.1 Å². The Morgan fingerprint density at radius 3 is 2.02 bits per heavy atom. The molecule has 2 bridgehead atoms. The number of hydrogen-bond donors (Lipinski definition) is 1. The zero-order valence-electron chi connectivity index (χ0n) is 23.2. The quantitative estimate of drug-likeness (QED) is 0.306. The van der Waals surface area contributed by atoms with Crippen molar-refractivity contribution < 1.29 is 53.4 Å². The van der Waals surface area contributed by atoms with Crippen molar-refractivity contribution in [3.63, 3.8) is 0 Å². The van der Waals surface area contributed by atoms with E-state index in [1.165, 1.54) is 4.90 Å². The average Bonchev–Trinajstić information content (AvgIpc) is 3.46. The first-order valence-electron chi connectivity index (χ1n) is 14.3. The number of halogens is 8. The molecule has 3 aliphatic carbocycles. The van der Waals surface area contributed by atoms with Crippen LogP contribution in [0.3, 0.4) is 0 Å². The van der Waals surface area contributed by atoms with Crippen LogP contribution in [0, 0.1) is 11.2 Å². The summed E-state index contributed by atoms with van der Waals surface area (Å²) in [6, 6.07) is 4.07. The Kier molecular flexibility index (Phi) is 6.84. The fourth-order valence-corrected chi connectivity index (χ4v) is 10.7. The minimum Gasteiger partial charge on any atom is -0.390 e. The highest BCUT2D eigenvalue weighted by Gasteiger charge is 2.74. The number of hydrogen-bond acceptors (Lipinski definition) is 4. The van der Waals surface area contributed by atoms with E-state index in [0.717, 1.165) is 30.3 Å². The minimum absolute atomic E-state index is 0.0799. The summed E-state index contributed by atoms with van der Waals surface area (Å²) in [4.78, 5) is 15.3. The van der Waals surface area contributed by atoms with Crippen LogP contribution < -0.4 is 0 Å². The maximum atomic E-state index is 15.1. The Bertz CT molecular complexity index is 1580. The molecule has 2 saturated carbocycles. The number of benzene rings is 2. The normalized spacial score (nSPS) is 30.7. The van der Waals surface area contributed by atoms with Crippen LogP contribution in [0.5, 0.6) is 0 Å². The van der Waals surface area contributed by atoms with E-state index in [4.69, 9.17) is 0 Å². The van der Waals surface area contributed by atoms with Gasteiger partial charge in [-0.3, -0.25) is 4.79 Å². The van der Waals surface area contributed by atoms with Crippen molar-refractivity contribution in [2.75, 3.05) is 6.54 Å². The van der Waals surface area contributed by atoms with E-state index in [2.05, 4.69) is 0 Å². The second-order valence-electron chi connectivity index (χ2n) is 12.7. The molecule has 0 radical (unpaired) electrons. The van der Waals surface area contributed by atoms with Crippen molar-refractivity contribution in [3.8, 4) is 0 Å². The van der Waals surface area contributed by atoms with Crippen LogP contribution >= 0.6 is 0 Å². The first kappa shape index (κ1) is 31.3. The second kappa shape index (κ2) is 9.63. The number of fused-ring (bicyclic) bond motifs is 5. The molecule has 4 aliphatic rings. The van der Waals surface area contributed by atoms with Crippen molar-refractivity contribution in [1.82, 2.24) is 4.90 Å². The Morgan fingerprint density at radius 1 is 0.864 bits per heavy atom. The largest absolute Gasteiger partial charge is 0.435 e. The minimum atomic E-state index is -6.37. The van der Waals surface area contributed by atoms with Crippen LogP contribution in [0.15, 0.2) is 47.4 Å². The number of likely N-dealkylation sites (tertiary alicyclic amines) is 1. The molecule has 3 fully saturated rings. The van der Waals surface area contributed by atoms with Gasteiger partial charge in [0.25, 0.3) is 0 Å². The highest BCUT2D eigenvalue weighted by atomic mass is 32.2. The Labute approximate surface area is 248 Å². The van der Waals surface area contributed by atoms with Gasteiger partial charge in [0.2, 0.25) is 5.91 Å². The molecule has 2 aromatic carbocycles. The molecule has 0 spiro atoms. The number of carbonyl (C=O) groups excluding carboxylic acids is 1. The third kappa shape index (κ3) is 4.18. The molecule has 2 aromatic rings. The molecule has 2 unspecified atom stereocenters. The molecule has 6 rings (SSSR count). The van der Waals surface area contributed by atoms with Gasteiger partial charge in [-0.2, -0.15) is 26.3 Å². The summed E-state index contributed by atoms with van der Waals surface area (Å²) in [6.45, 7) is -0.0799. The molecular formula is C30H29F8NO4S. The highest BCUT2D eigenvalue weighted by molar-refractivity contribution is 7.92. The standard InChI is InChI=1S/C30H29F8NO4S/c31-20-4-6-21(7-5-20)44(42,43)27-13-14-39(24(40)25-9-1-11-26(41,17-25)12-2-10-25)23(27)16-18-15-19(3-8-22(18)27)28(32,29(33,34)35)30(36,37)38/h3-8,15,23,41H,1-2,9-14,16-17H2. The molecule has 1 amide bonds. The van der Waals surface area contributed by atoms with E-state index in [-0.39, 0.29) is 35.4 Å². The number of alkyl halides is 7. The van der Waals surface area contributed by atoms with Crippen LogP contribution in [0.2, 0.25) is 0 Å². The number of nitrogens with zero attached hydrogens (tertiary/aromatic N) is 1. The molecular weight excluding hydrogens is 622 g/mol. The van der Waals surface area contributed by atoms with Gasteiger partial charge in [-0.25, -0.2) is 17.2 Å². The molecule has 1 heterocycles. The Balaban J connectivity index is 1.50. The lowest BCUT2D eigenvalue weighted by Crippen LogP contribution is -2.56. The Hall–Kier alpha value is -2.74. The van der Waals surface area contributed by atoms with Crippen LogP contribution in [0.25, 0.3) is 0 Å². The van der Waals surface area contributed by atoms with Gasteiger partial charge in [0.15, 0.2) is 9.84 Å². The SMILES string of the molecule is O=C(N1CCC2(S(=O)(=O)c3ccc(F)cc3)c3ccc(C(F)(C(F)(F)F)C(F)(F)F)cc3CC12)C12CCCC(O)(CCC1)C2. The van der Waals surface area contributed by atoms with Gasteiger partial charge < -0.3 is 10.0 Å². The number of rotatable bonds is 4. The van der Waals surface area contributed by atoms with Gasteiger partial charge in [-0.05, 0) is 93.2 Å². The third-order valence-electron chi connectivity index (χ3n) is 10.4. The lowest BCUT2D eigenvalue weighted by Gasteiger charge is -2.50. The molecule has 240 valence electrons. The molecule has 1 aliphatic heterocycles. The fraction of sp³-hybridized carbons (Fsp3) is 0.567. The van der Waals surface area contributed by atoms with Crippen molar-refractivity contribution in [2.24, 2.45) is 5.41 Å². The van der Waals surface area contributed by atoms with Gasteiger partial charge in [0, 0.05) is 12.1 Å². The maximum absolute atomic E-state index is 15.1. The van der Waals surface area contributed by atoms with E-state index >= 15 is 4.39 Å². The molecule has 0 aromatic heterocycles. The molecule has 5 nitrogen and oxygen atoms in total. The van der Waals surface area contributed by atoms with E-state index in [1.54, 1.807) is 0 Å². The predicted molar refractivity (Wildman–Crippen MR) is 140 cm³/mol. The molecule has 2 atom stereocenters. The van der Waals surface area contributed by atoms with Gasteiger partial charge in [-0.1, -0.05) is 18.2 Å². The summed E-state index contributed by atoms with van der Waals surface area (Å²) >= 11 is 0. The third-order valence-corrected chi connectivity index (χ3v) is 12.9. The molecule has 14 heteroatoms. The van der Waals surface area contributed by atoms with Crippen LogP contribution in [0.1, 0.15) is 68.1 Å². The van der Waals surface area contributed by atoms with E-state index in [9.17, 15) is 49.1 Å². The molecule has 1 saturated heterocycles. The summed E-state index contributed by atoms with van der Waals surface area (Å²) < 4.78 is 137. The first-order chi connectivity index (χ1) is 20.3. The van der Waals surface area contributed by atoms with E-state index < -0.39 is 73.4 Å². The summed E-state index contributed by atoms with van der Waals surface area (Å²) in [5, 5.41) is 11.1. The van der Waals surface area contributed by atoms with Crippen molar-refractivity contribution >= 4 is 15.7 Å². The topological polar surface area (TPSA) is 74.7 Å². The van der Waals surface area contributed by atoms with Crippen molar-refractivity contribution in [3.05, 3.63) is 65.0 Å². The number of aliphatic hydroxyl groups is 1. The lowest BCUT2D eigenvalue weighted by molar-refractivity contribution is -0.348. The fourth-order valence-electron chi connectivity index (χ4n) is 8.40. The van der Waals surface area contributed by atoms with E-state index in [0.29, 0.717) is 50.7 Å². The molecule has 44 heavy (non-hydrogen) atoms. The predicted octanol–water partition coefficient (Wildman–Crippen LogP) is 6.42. The van der Waals surface area contributed by atoms with Gasteiger partial charge in [0.1, 0.15) is 10.6 Å². The zero-order valence-corrected chi connectivity index (χ0v) is 24.1. The van der Waals surface area contributed by atoms with Gasteiger partial charge in [-0.15, -0.1) is 0 Å². The van der Waals surface area contributed by atoms with Crippen LogP contribution in [-0.4, -0.2) is 54.9 Å². The van der Waals surface area contributed by atoms with Crippen LogP contribution in [-0.2, 0) is 31.5 Å². The van der Waals surface area contributed by atoms with Crippen molar-refractivity contribution in [1.29, 1.82) is 0 Å². The summed E-state index contributed by atoms with van der Waals surface area (Å²) in [5.41, 5.74) is -9.91. The number of sulfone groups is 1. The van der Waals surface area contributed by atoms with Gasteiger partial charge in [0.05, 0.1) is 22.0 Å². The van der Waals surface area contributed by atoms with Crippen LogP contribution in [0.4, 0.5) is 35.1 Å². The lowest BCUT2D eigenvalue weighted by atomic mass is 9.59. The van der Waals surface area contributed by atoms with Gasteiger partial charge >= 0.3 is 18.0 Å². The molecule has 1 N–H and O–H groups in total. The number of amides is 1. The first-order valence-corrected chi connectivity index (χ1v) is 15.8. The highest BCUT2D eigenvalue weighted by Crippen LogP contribution is 2.59. The average molecular weight is 652 g/mol. The summed E-state index contributed by atoms with van der Waals surface area (Å²) in [7, 11) is -4.55. The maximum Gasteiger partial charge on any atom is 0.435 e. The van der Waals surface area contributed by atoms with E-state index in [1.807, 2.05) is 0 Å². The zero-order chi connectivity index (χ0) is 32.1. The number of carbonyl (C=O) groups is 1. The smallest absolute Gasteiger partial charge is 0.390 e. The summed E-state index contributed by atoms with van der Waals surface area (Å²) in [5.74, 6) is -1.16. The summed E-state index contributed by atoms with van der Waals surface area (Å²) in [6.07, 6.45) is -10.3. The monoisotopic (exact) mass is 651 g/mol. The Morgan fingerprint density at radius 2 is 1.45 bits per heavy atom.